The highest BCUT2D eigenvalue weighted by Gasteiger charge is 2.32. The van der Waals surface area contributed by atoms with Crippen LogP contribution in [0.25, 0.3) is 0 Å². The maximum Gasteiger partial charge on any atom is 0.307 e. The van der Waals surface area contributed by atoms with E-state index in [1.807, 2.05) is 0 Å². The molecule has 0 aromatic rings. The third kappa shape index (κ3) is 14.2. The number of nitrogens with one attached hydrogen (secondary N) is 1. The molecule has 0 bridgehead atoms. The van der Waals surface area contributed by atoms with Crippen LogP contribution < -0.4 is 17.7 Å². The summed E-state index contributed by atoms with van der Waals surface area (Å²) in [6.07, 6.45) is 21.5. The quantitative estimate of drug-likeness (QED) is 0.198. The third-order valence-corrected chi connectivity index (χ3v) is 6.10. The first-order chi connectivity index (χ1) is 14.2. The average Bonchev–Trinajstić information content (AvgIpc) is 3.06. The topological polar surface area (TPSA) is 72.6 Å². The highest BCUT2D eigenvalue weighted by atomic mass is 35.5. The van der Waals surface area contributed by atoms with E-state index < -0.39 is 5.97 Å². The molecule has 30 heavy (non-hydrogen) atoms. The van der Waals surface area contributed by atoms with Crippen LogP contribution in [0.3, 0.4) is 0 Å². The minimum absolute atomic E-state index is 0. The lowest BCUT2D eigenvalue weighted by Crippen LogP contribution is -3.00. The van der Waals surface area contributed by atoms with Gasteiger partial charge in [-0.25, -0.2) is 0 Å². The van der Waals surface area contributed by atoms with Gasteiger partial charge in [-0.2, -0.15) is 0 Å². The zero-order chi connectivity index (χ0) is 21.2. The van der Waals surface area contributed by atoms with Crippen LogP contribution in [0.4, 0.5) is 0 Å². The molecule has 0 aromatic carbocycles. The summed E-state index contributed by atoms with van der Waals surface area (Å²) in [6, 6.07) is -0.0222. The third-order valence-electron chi connectivity index (χ3n) is 6.10. The number of aliphatic hydroxyl groups excluding tert-OH is 1. The van der Waals surface area contributed by atoms with Crippen molar-refractivity contribution in [2.24, 2.45) is 0 Å². The Balaban J connectivity index is 0.00000841. The Bertz CT molecular complexity index is 458. The molecule has 0 spiro atoms. The van der Waals surface area contributed by atoms with Gasteiger partial charge in [0.15, 0.2) is 0 Å². The molecular formula is C24H47ClN2O3. The number of rotatable bonds is 20. The van der Waals surface area contributed by atoms with Gasteiger partial charge in [0.05, 0.1) is 13.0 Å². The van der Waals surface area contributed by atoms with Crippen molar-refractivity contribution in [2.45, 2.75) is 122 Å². The van der Waals surface area contributed by atoms with Gasteiger partial charge in [0.2, 0.25) is 5.84 Å². The molecule has 5 nitrogen and oxygen atoms in total. The van der Waals surface area contributed by atoms with Crippen LogP contribution in [0.2, 0.25) is 0 Å². The molecule has 1 heterocycles. The summed E-state index contributed by atoms with van der Waals surface area (Å²) in [4.78, 5) is 11.0. The van der Waals surface area contributed by atoms with E-state index in [2.05, 4.69) is 16.8 Å². The molecule has 0 amide bonds. The largest absolute Gasteiger partial charge is 1.00 e. The van der Waals surface area contributed by atoms with Crippen molar-refractivity contribution in [1.82, 2.24) is 5.32 Å². The van der Waals surface area contributed by atoms with Crippen LogP contribution in [0.15, 0.2) is 0 Å². The molecule has 1 aliphatic rings. The van der Waals surface area contributed by atoms with Crippen LogP contribution in [-0.4, -0.2) is 52.3 Å². The number of aliphatic hydroxyl groups is 1. The zero-order valence-electron chi connectivity index (χ0n) is 19.3. The molecule has 1 unspecified atom stereocenters. The Hall–Kier alpha value is -0.810. The molecule has 0 radical (unpaired) electrons. The fourth-order valence-corrected chi connectivity index (χ4v) is 4.37. The number of carboxylic acid groups (broad SMARTS) is 1. The van der Waals surface area contributed by atoms with Crippen molar-refractivity contribution < 1.29 is 32.0 Å². The van der Waals surface area contributed by atoms with Gasteiger partial charge >= 0.3 is 5.97 Å². The van der Waals surface area contributed by atoms with Crippen LogP contribution in [-0.2, 0) is 4.79 Å². The van der Waals surface area contributed by atoms with Crippen molar-refractivity contribution in [3.05, 3.63) is 0 Å². The minimum Gasteiger partial charge on any atom is -1.00 e. The lowest BCUT2D eigenvalue weighted by molar-refractivity contribution is -0.557. The SMILES string of the molecule is CCCCCCCCCCCCCCCCCC1=[N+](CCO)C(CC(=O)O)CN1.[Cl-]. The fraction of sp³-hybridized carbons (Fsp3) is 0.917. The Morgan fingerprint density at radius 3 is 1.80 bits per heavy atom. The number of β-amino-alcohol motifs (C(OH)–C–C–N with tert-alkyl or cyclic N) is 1. The van der Waals surface area contributed by atoms with Gasteiger partial charge in [0, 0.05) is 6.42 Å². The average molecular weight is 447 g/mol. The first-order valence-electron chi connectivity index (χ1n) is 12.4. The van der Waals surface area contributed by atoms with E-state index in [9.17, 15) is 9.90 Å². The summed E-state index contributed by atoms with van der Waals surface area (Å²) < 4.78 is 2.07. The monoisotopic (exact) mass is 446 g/mol. The normalized spacial score (nSPS) is 15.9. The Labute approximate surface area is 191 Å². The maximum atomic E-state index is 11.0. The van der Waals surface area contributed by atoms with Gasteiger partial charge in [0.25, 0.3) is 0 Å². The highest BCUT2D eigenvalue weighted by molar-refractivity contribution is 5.79. The van der Waals surface area contributed by atoms with Gasteiger partial charge in [-0.15, -0.1) is 0 Å². The first-order valence-corrected chi connectivity index (χ1v) is 12.4. The molecule has 178 valence electrons. The van der Waals surface area contributed by atoms with Crippen LogP contribution in [0.1, 0.15) is 116 Å². The summed E-state index contributed by atoms with van der Waals surface area (Å²) in [5, 5.41) is 21.7. The van der Waals surface area contributed by atoms with Crippen molar-refractivity contribution >= 4 is 11.8 Å². The molecule has 0 saturated heterocycles. The number of hydrogen-bond donors (Lipinski definition) is 3. The van der Waals surface area contributed by atoms with E-state index in [1.165, 1.54) is 89.9 Å². The number of nitrogens with zero attached hydrogens (tertiary/aromatic N) is 1. The zero-order valence-corrected chi connectivity index (χ0v) is 20.1. The molecule has 1 aliphatic heterocycles. The second kappa shape index (κ2) is 20.1. The van der Waals surface area contributed by atoms with E-state index in [-0.39, 0.29) is 31.5 Å². The molecule has 1 atom stereocenters. The molecule has 0 aliphatic carbocycles. The number of aliphatic carboxylic acids is 1. The summed E-state index contributed by atoms with van der Waals surface area (Å²) >= 11 is 0. The maximum absolute atomic E-state index is 11.0. The lowest BCUT2D eigenvalue weighted by atomic mass is 10.0. The number of halogens is 1. The van der Waals surface area contributed by atoms with Crippen molar-refractivity contribution in [1.29, 1.82) is 0 Å². The van der Waals surface area contributed by atoms with Crippen LogP contribution in [0, 0.1) is 0 Å². The number of amidine groups is 1. The van der Waals surface area contributed by atoms with E-state index in [0.29, 0.717) is 13.1 Å². The number of carbonyl (C=O) groups is 1. The molecule has 3 N–H and O–H groups in total. The van der Waals surface area contributed by atoms with E-state index >= 15 is 0 Å². The smallest absolute Gasteiger partial charge is 0.307 e. The summed E-state index contributed by atoms with van der Waals surface area (Å²) in [7, 11) is 0. The Kier molecular flexibility index (Phi) is 19.6. The minimum atomic E-state index is -0.770. The van der Waals surface area contributed by atoms with Crippen molar-refractivity contribution in [2.75, 3.05) is 19.7 Å². The van der Waals surface area contributed by atoms with Gasteiger partial charge in [-0.05, 0) is 6.42 Å². The first kappa shape index (κ1) is 29.2. The predicted octanol–water partition coefficient (Wildman–Crippen LogP) is 2.10. The summed E-state index contributed by atoms with van der Waals surface area (Å²) in [5.41, 5.74) is 0. The molecule has 6 heteroatoms. The van der Waals surface area contributed by atoms with Crippen molar-refractivity contribution in [3.8, 4) is 0 Å². The van der Waals surface area contributed by atoms with Crippen molar-refractivity contribution in [3.63, 3.8) is 0 Å². The molecule has 1 rings (SSSR count). The number of carboxylic acids is 1. The van der Waals surface area contributed by atoms with Gasteiger partial charge in [0.1, 0.15) is 19.1 Å². The van der Waals surface area contributed by atoms with E-state index in [4.69, 9.17) is 5.11 Å². The summed E-state index contributed by atoms with van der Waals surface area (Å²) in [6.45, 7) is 3.55. The molecule has 0 aromatic heterocycles. The molecule has 0 saturated carbocycles. The lowest BCUT2D eigenvalue weighted by Gasteiger charge is -2.09. The second-order valence-corrected chi connectivity index (χ2v) is 8.70. The van der Waals surface area contributed by atoms with E-state index in [0.717, 1.165) is 18.7 Å². The predicted molar refractivity (Wildman–Crippen MR) is 121 cm³/mol. The number of unbranched alkanes of at least 4 members (excludes halogenated alkanes) is 14. The van der Waals surface area contributed by atoms with Gasteiger partial charge in [-0.1, -0.05) is 96.8 Å². The second-order valence-electron chi connectivity index (χ2n) is 8.70. The standard InChI is InChI=1S/C24H46N2O3.ClH/c1-2-3-4-5-6-7-8-9-10-11-12-13-14-15-16-17-23-25-21-22(20-24(28)29)26(23)18-19-27;/h22,27H,2-21H2,1H3,(H,28,29);1H. The Morgan fingerprint density at radius 2 is 1.37 bits per heavy atom. The van der Waals surface area contributed by atoms with Gasteiger partial charge in [-0.3, -0.25) is 14.7 Å². The Morgan fingerprint density at radius 1 is 0.900 bits per heavy atom. The van der Waals surface area contributed by atoms with Crippen LogP contribution >= 0.6 is 0 Å². The fourth-order valence-electron chi connectivity index (χ4n) is 4.37. The van der Waals surface area contributed by atoms with Crippen LogP contribution in [0.5, 0.6) is 0 Å². The number of hydrogen-bond acceptors (Lipinski definition) is 3. The molecule has 0 fully saturated rings. The van der Waals surface area contributed by atoms with E-state index in [1.54, 1.807) is 0 Å². The van der Waals surface area contributed by atoms with Gasteiger partial charge < -0.3 is 22.6 Å². The highest BCUT2D eigenvalue weighted by Crippen LogP contribution is 2.14. The summed E-state index contributed by atoms with van der Waals surface area (Å²) in [5.74, 6) is 0.355. The molecular weight excluding hydrogens is 400 g/mol.